The topological polar surface area (TPSA) is 113 Å². The molecular formula is C17H26N4O5S. The van der Waals surface area contributed by atoms with Crippen LogP contribution in [0.2, 0.25) is 0 Å². The summed E-state index contributed by atoms with van der Waals surface area (Å²) in [5.41, 5.74) is 1.20. The van der Waals surface area contributed by atoms with Crippen LogP contribution in [0.4, 0.5) is 11.4 Å². The Bertz CT molecular complexity index is 804. The average molecular weight is 398 g/mol. The van der Waals surface area contributed by atoms with Crippen LogP contribution in [0.25, 0.3) is 0 Å². The fourth-order valence-electron chi connectivity index (χ4n) is 3.15. The number of aryl methyl sites for hydroxylation is 1. The molecule has 1 fully saturated rings. The first-order valence-electron chi connectivity index (χ1n) is 8.78. The summed E-state index contributed by atoms with van der Waals surface area (Å²) < 4.78 is 24.6. The molecule has 9 nitrogen and oxygen atoms in total. The number of benzene rings is 1. The number of rotatable bonds is 7. The van der Waals surface area contributed by atoms with Crippen molar-refractivity contribution < 1.29 is 18.1 Å². The van der Waals surface area contributed by atoms with Crippen LogP contribution in [0.3, 0.4) is 0 Å². The van der Waals surface area contributed by atoms with Gasteiger partial charge in [0.25, 0.3) is 5.69 Å². The number of amides is 1. The number of non-ortho nitro benzene ring substituents is 1. The van der Waals surface area contributed by atoms with Crippen LogP contribution >= 0.6 is 0 Å². The fraction of sp³-hybridized carbons (Fsp3) is 0.588. The summed E-state index contributed by atoms with van der Waals surface area (Å²) in [6, 6.07) is 4.34. The molecule has 1 saturated heterocycles. The molecule has 1 aromatic carbocycles. The van der Waals surface area contributed by atoms with E-state index < -0.39 is 14.9 Å². The number of nitrogens with one attached hydrogen (secondary N) is 1. The Labute approximate surface area is 159 Å². The lowest BCUT2D eigenvalue weighted by atomic mass is 10.1. The van der Waals surface area contributed by atoms with Gasteiger partial charge in [0.2, 0.25) is 15.9 Å². The van der Waals surface area contributed by atoms with Crippen molar-refractivity contribution in [2.24, 2.45) is 0 Å². The Kier molecular flexibility index (Phi) is 6.90. The molecule has 1 aliphatic rings. The first-order chi connectivity index (χ1) is 12.6. The van der Waals surface area contributed by atoms with Crippen LogP contribution in [-0.2, 0) is 14.8 Å². The molecule has 1 N–H and O–H groups in total. The molecule has 0 atom stereocenters. The Morgan fingerprint density at radius 1 is 1.37 bits per heavy atom. The quantitative estimate of drug-likeness (QED) is 0.551. The van der Waals surface area contributed by atoms with Crippen molar-refractivity contribution in [3.8, 4) is 0 Å². The third-order valence-electron chi connectivity index (χ3n) is 4.94. The smallest absolute Gasteiger partial charge is 0.269 e. The zero-order chi connectivity index (χ0) is 20.2. The van der Waals surface area contributed by atoms with Crippen molar-refractivity contribution in [2.45, 2.75) is 32.2 Å². The molecule has 10 heteroatoms. The zero-order valence-electron chi connectivity index (χ0n) is 15.8. The van der Waals surface area contributed by atoms with Gasteiger partial charge >= 0.3 is 0 Å². The van der Waals surface area contributed by atoms with Gasteiger partial charge in [0.05, 0.1) is 11.2 Å². The second-order valence-corrected chi connectivity index (χ2v) is 8.95. The Hall–Kier alpha value is -2.04. The third kappa shape index (κ3) is 5.98. The summed E-state index contributed by atoms with van der Waals surface area (Å²) in [5, 5.41) is 13.5. The number of piperidine rings is 1. The van der Waals surface area contributed by atoms with Gasteiger partial charge in [-0.05, 0) is 44.5 Å². The molecule has 1 amide bonds. The van der Waals surface area contributed by atoms with Crippen molar-refractivity contribution in [3.63, 3.8) is 0 Å². The minimum absolute atomic E-state index is 0.00701. The highest BCUT2D eigenvalue weighted by atomic mass is 32.2. The number of nitrogens with zero attached hydrogens (tertiary/aromatic N) is 3. The summed E-state index contributed by atoms with van der Waals surface area (Å²) in [6.07, 6.45) is 3.01. The summed E-state index contributed by atoms with van der Waals surface area (Å²) in [4.78, 5) is 24.6. The van der Waals surface area contributed by atoms with Crippen LogP contribution in [0, 0.1) is 17.0 Å². The molecule has 0 unspecified atom stereocenters. The van der Waals surface area contributed by atoms with Gasteiger partial charge in [-0.1, -0.05) is 0 Å². The number of hydrogen-bond acceptors (Lipinski definition) is 6. The summed E-state index contributed by atoms with van der Waals surface area (Å²) in [5.74, 6) is -0.151. The lowest BCUT2D eigenvalue weighted by Gasteiger charge is -2.35. The molecule has 27 heavy (non-hydrogen) atoms. The number of anilines is 1. The predicted molar refractivity (Wildman–Crippen MR) is 103 cm³/mol. The van der Waals surface area contributed by atoms with Crippen LogP contribution in [-0.4, -0.2) is 67.4 Å². The molecular weight excluding hydrogens is 372 g/mol. The molecule has 0 bridgehead atoms. The van der Waals surface area contributed by atoms with Crippen LogP contribution in [0.5, 0.6) is 0 Å². The Balaban J connectivity index is 1.79. The molecule has 0 radical (unpaired) electrons. The number of hydrogen-bond donors (Lipinski definition) is 1. The average Bonchev–Trinajstić information content (AvgIpc) is 2.60. The molecule has 2 rings (SSSR count). The van der Waals surface area contributed by atoms with Crippen molar-refractivity contribution >= 4 is 27.3 Å². The predicted octanol–water partition coefficient (Wildman–Crippen LogP) is 1.59. The molecule has 1 heterocycles. The van der Waals surface area contributed by atoms with E-state index in [9.17, 15) is 23.3 Å². The van der Waals surface area contributed by atoms with E-state index in [0.717, 1.165) is 25.9 Å². The van der Waals surface area contributed by atoms with Crippen LogP contribution in [0.1, 0.15) is 24.8 Å². The summed E-state index contributed by atoms with van der Waals surface area (Å²) in [6.45, 7) is 3.79. The van der Waals surface area contributed by atoms with Crippen molar-refractivity contribution in [1.29, 1.82) is 0 Å². The number of carbonyl (C=O) groups is 1. The monoisotopic (exact) mass is 398 g/mol. The molecule has 1 aromatic rings. The molecule has 0 spiro atoms. The van der Waals surface area contributed by atoms with Gasteiger partial charge in [0.1, 0.15) is 0 Å². The maximum atomic E-state index is 12.2. The highest BCUT2D eigenvalue weighted by molar-refractivity contribution is 7.88. The highest BCUT2D eigenvalue weighted by Crippen LogP contribution is 2.21. The standard InChI is InChI=1S/C17H26N4O5S/c1-13-12-15(21(23)24)4-5-16(13)18-17(22)8-11-20-9-6-14(7-10-20)19(2)27(3,25)26/h4-5,12,14H,6-11H2,1-3H3,(H,18,22). The highest BCUT2D eigenvalue weighted by Gasteiger charge is 2.27. The van der Waals surface area contributed by atoms with Gasteiger partial charge in [-0.3, -0.25) is 14.9 Å². The fourth-order valence-corrected chi connectivity index (χ4v) is 3.90. The van der Waals surface area contributed by atoms with E-state index in [4.69, 9.17) is 0 Å². The molecule has 0 saturated carbocycles. The Morgan fingerprint density at radius 2 is 2.00 bits per heavy atom. The number of sulfonamides is 1. The van der Waals surface area contributed by atoms with E-state index in [1.165, 1.54) is 28.8 Å². The lowest BCUT2D eigenvalue weighted by molar-refractivity contribution is -0.384. The van der Waals surface area contributed by atoms with E-state index >= 15 is 0 Å². The SMILES string of the molecule is Cc1cc([N+](=O)[O-])ccc1NC(=O)CCN1CCC(N(C)S(C)(=O)=O)CC1. The minimum Gasteiger partial charge on any atom is -0.326 e. The number of nitro groups is 1. The van der Waals surface area contributed by atoms with Crippen LogP contribution in [0.15, 0.2) is 18.2 Å². The molecule has 150 valence electrons. The van der Waals surface area contributed by atoms with Crippen LogP contribution < -0.4 is 5.32 Å². The normalized spacial score (nSPS) is 16.4. The van der Waals surface area contributed by atoms with E-state index in [2.05, 4.69) is 10.2 Å². The third-order valence-corrected chi connectivity index (χ3v) is 6.29. The second kappa shape index (κ2) is 8.77. The van der Waals surface area contributed by atoms with Gasteiger partial charge in [0, 0.05) is 43.9 Å². The minimum atomic E-state index is -3.18. The zero-order valence-corrected chi connectivity index (χ0v) is 16.7. The van der Waals surface area contributed by atoms with Gasteiger partial charge in [-0.2, -0.15) is 0 Å². The first kappa shape index (κ1) is 21.3. The van der Waals surface area contributed by atoms with Gasteiger partial charge in [-0.15, -0.1) is 0 Å². The van der Waals surface area contributed by atoms with E-state index in [1.54, 1.807) is 14.0 Å². The second-order valence-electron chi connectivity index (χ2n) is 6.91. The van der Waals surface area contributed by atoms with E-state index in [1.807, 2.05) is 0 Å². The number of carbonyl (C=O) groups excluding carboxylic acids is 1. The molecule has 1 aliphatic heterocycles. The summed E-state index contributed by atoms with van der Waals surface area (Å²) in [7, 11) is -1.58. The van der Waals surface area contributed by atoms with Crippen molar-refractivity contribution in [1.82, 2.24) is 9.21 Å². The van der Waals surface area contributed by atoms with E-state index in [-0.39, 0.29) is 17.6 Å². The summed E-state index contributed by atoms with van der Waals surface area (Å²) >= 11 is 0. The number of likely N-dealkylation sites (tertiary alicyclic amines) is 1. The maximum absolute atomic E-state index is 12.2. The Morgan fingerprint density at radius 3 is 2.52 bits per heavy atom. The molecule has 0 aliphatic carbocycles. The lowest BCUT2D eigenvalue weighted by Crippen LogP contribution is -2.45. The number of nitro benzene ring substituents is 1. The first-order valence-corrected chi connectivity index (χ1v) is 10.6. The largest absolute Gasteiger partial charge is 0.326 e. The van der Waals surface area contributed by atoms with Gasteiger partial charge < -0.3 is 10.2 Å². The van der Waals surface area contributed by atoms with E-state index in [0.29, 0.717) is 24.2 Å². The van der Waals surface area contributed by atoms with Gasteiger partial charge in [0.15, 0.2) is 0 Å². The maximum Gasteiger partial charge on any atom is 0.269 e. The van der Waals surface area contributed by atoms with Crippen molar-refractivity contribution in [2.75, 3.05) is 38.3 Å². The van der Waals surface area contributed by atoms with Crippen molar-refractivity contribution in [3.05, 3.63) is 33.9 Å². The van der Waals surface area contributed by atoms with Gasteiger partial charge in [-0.25, -0.2) is 12.7 Å². The molecule has 0 aromatic heterocycles.